The third-order valence-electron chi connectivity index (χ3n) is 4.57. The molecule has 0 spiro atoms. The molecule has 12 heteroatoms. The zero-order valence-corrected chi connectivity index (χ0v) is 20.1. The molecule has 0 saturated heterocycles. The van der Waals surface area contributed by atoms with E-state index in [1.807, 2.05) is 0 Å². The minimum atomic E-state index is -1.17. The lowest BCUT2D eigenvalue weighted by Crippen LogP contribution is -2.22. The summed E-state index contributed by atoms with van der Waals surface area (Å²) in [7, 11) is 0. The molecule has 3 N–H and O–H groups in total. The predicted molar refractivity (Wildman–Crippen MR) is 124 cm³/mol. The molecule has 1 aliphatic rings. The van der Waals surface area contributed by atoms with Gasteiger partial charge in [0.15, 0.2) is 5.82 Å². The molecule has 0 bridgehead atoms. The van der Waals surface area contributed by atoms with E-state index in [-0.39, 0.29) is 22.0 Å². The van der Waals surface area contributed by atoms with Crippen LogP contribution in [0.15, 0.2) is 30.3 Å². The quantitative estimate of drug-likeness (QED) is 0.389. The fraction of sp³-hybridized carbons (Fsp3) is 0.250. The molecule has 0 aromatic heterocycles. The summed E-state index contributed by atoms with van der Waals surface area (Å²) in [6.45, 7) is 1.48. The van der Waals surface area contributed by atoms with Crippen molar-refractivity contribution in [3.05, 3.63) is 52.6 Å². The minimum absolute atomic E-state index is 0.0279. The van der Waals surface area contributed by atoms with Crippen LogP contribution in [-0.2, 0) is 9.59 Å². The predicted octanol–water partition coefficient (Wildman–Crippen LogP) is 5.72. The van der Waals surface area contributed by atoms with E-state index in [9.17, 15) is 23.2 Å². The van der Waals surface area contributed by atoms with E-state index in [1.54, 1.807) is 0 Å². The van der Waals surface area contributed by atoms with Crippen LogP contribution in [0.4, 0.5) is 25.8 Å². The number of anilines is 3. The Kier molecular flexibility index (Phi) is 7.34. The van der Waals surface area contributed by atoms with Crippen molar-refractivity contribution in [3.8, 4) is 0 Å². The molecular weight excluding hydrogens is 554 g/mol. The van der Waals surface area contributed by atoms with E-state index >= 15 is 0 Å². The zero-order chi connectivity index (χ0) is 23.8. The second kappa shape index (κ2) is 9.51. The van der Waals surface area contributed by atoms with Crippen molar-refractivity contribution in [2.45, 2.75) is 22.5 Å². The second-order valence-corrected chi connectivity index (χ2v) is 10.4. The Hall–Kier alpha value is -1.94. The normalized spacial score (nSPS) is 17.3. The van der Waals surface area contributed by atoms with Crippen molar-refractivity contribution in [3.63, 3.8) is 0 Å². The molecule has 1 aliphatic carbocycles. The van der Waals surface area contributed by atoms with Crippen molar-refractivity contribution in [1.82, 2.24) is 0 Å². The first kappa shape index (κ1) is 24.7. The highest BCUT2D eigenvalue weighted by molar-refractivity contribution is 9.10. The molecular formula is C20H15BrCl3F2N3O3. The van der Waals surface area contributed by atoms with Crippen molar-refractivity contribution in [1.29, 1.82) is 0 Å². The van der Waals surface area contributed by atoms with Crippen LogP contribution in [0, 0.1) is 17.6 Å². The fourth-order valence-corrected chi connectivity index (χ4v) is 3.50. The monoisotopic (exact) mass is 567 g/mol. The van der Waals surface area contributed by atoms with Gasteiger partial charge in [0.05, 0.1) is 27.0 Å². The van der Waals surface area contributed by atoms with E-state index in [0.29, 0.717) is 6.42 Å². The standard InChI is InChI=1S/C20H15BrCl3F2N3O3/c1-8(21)17(30)29-16-13(25)4-5-14(15(16)26)28-18(31)10-6-9(2-3-12(10)22)27-19(32)11-7-20(11,23)24/h2-6,8,11H,7H2,1H3,(H,27,32)(H,28,31)(H,29,30). The van der Waals surface area contributed by atoms with E-state index in [0.717, 1.165) is 12.1 Å². The Morgan fingerprint density at radius 1 is 1.12 bits per heavy atom. The summed E-state index contributed by atoms with van der Waals surface area (Å²) < 4.78 is 27.7. The van der Waals surface area contributed by atoms with Gasteiger partial charge < -0.3 is 16.0 Å². The van der Waals surface area contributed by atoms with Gasteiger partial charge in [0, 0.05) is 5.69 Å². The van der Waals surface area contributed by atoms with E-state index in [4.69, 9.17) is 34.8 Å². The molecule has 3 amide bonds. The van der Waals surface area contributed by atoms with Crippen LogP contribution in [-0.4, -0.2) is 26.9 Å². The number of amides is 3. The molecule has 0 radical (unpaired) electrons. The van der Waals surface area contributed by atoms with Gasteiger partial charge in [-0.3, -0.25) is 14.4 Å². The van der Waals surface area contributed by atoms with Crippen LogP contribution >= 0.6 is 50.7 Å². The molecule has 1 fully saturated rings. The maximum absolute atomic E-state index is 14.8. The van der Waals surface area contributed by atoms with Crippen LogP contribution < -0.4 is 16.0 Å². The summed E-state index contributed by atoms with van der Waals surface area (Å²) in [5, 5.41) is 7.01. The summed E-state index contributed by atoms with van der Waals surface area (Å²) >= 11 is 20.8. The number of nitrogens with one attached hydrogen (secondary N) is 3. The topological polar surface area (TPSA) is 87.3 Å². The molecule has 1 saturated carbocycles. The molecule has 0 heterocycles. The van der Waals surface area contributed by atoms with Crippen LogP contribution in [0.5, 0.6) is 0 Å². The summed E-state index contributed by atoms with van der Waals surface area (Å²) in [5.41, 5.74) is -0.918. The molecule has 2 aromatic carbocycles. The van der Waals surface area contributed by atoms with Crippen LogP contribution in [0.1, 0.15) is 23.7 Å². The first-order valence-corrected chi connectivity index (χ1v) is 11.2. The van der Waals surface area contributed by atoms with Gasteiger partial charge in [-0.1, -0.05) is 27.5 Å². The van der Waals surface area contributed by atoms with E-state index < -0.39 is 50.1 Å². The lowest BCUT2D eigenvalue weighted by atomic mass is 10.1. The third-order valence-corrected chi connectivity index (χ3v) is 6.15. The van der Waals surface area contributed by atoms with E-state index in [2.05, 4.69) is 31.9 Å². The van der Waals surface area contributed by atoms with Gasteiger partial charge in [0.2, 0.25) is 11.8 Å². The number of halogens is 6. The molecule has 32 heavy (non-hydrogen) atoms. The lowest BCUT2D eigenvalue weighted by molar-refractivity contribution is -0.117. The number of benzene rings is 2. The average molecular weight is 570 g/mol. The van der Waals surface area contributed by atoms with Crippen molar-refractivity contribution >= 4 is 85.5 Å². The first-order chi connectivity index (χ1) is 14.9. The molecule has 2 unspecified atom stereocenters. The number of rotatable bonds is 6. The zero-order valence-electron chi connectivity index (χ0n) is 16.2. The minimum Gasteiger partial charge on any atom is -0.326 e. The van der Waals surface area contributed by atoms with Gasteiger partial charge >= 0.3 is 0 Å². The summed E-state index contributed by atoms with van der Waals surface area (Å²) in [4.78, 5) is 35.9. The smallest absolute Gasteiger partial charge is 0.257 e. The molecule has 2 atom stereocenters. The van der Waals surface area contributed by atoms with Gasteiger partial charge in [-0.2, -0.15) is 0 Å². The summed E-state index contributed by atoms with van der Waals surface area (Å²) in [5.74, 6) is -4.68. The number of hydrogen-bond acceptors (Lipinski definition) is 3. The highest BCUT2D eigenvalue weighted by Crippen LogP contribution is 2.53. The Morgan fingerprint density at radius 2 is 1.78 bits per heavy atom. The number of carbonyl (C=O) groups excluding carboxylic acids is 3. The number of hydrogen-bond donors (Lipinski definition) is 3. The van der Waals surface area contributed by atoms with Crippen molar-refractivity contribution < 1.29 is 23.2 Å². The maximum Gasteiger partial charge on any atom is 0.257 e. The maximum atomic E-state index is 14.8. The van der Waals surface area contributed by atoms with Crippen LogP contribution in [0.3, 0.4) is 0 Å². The summed E-state index contributed by atoms with van der Waals surface area (Å²) in [6.07, 6.45) is 0.305. The Morgan fingerprint density at radius 3 is 2.38 bits per heavy atom. The van der Waals surface area contributed by atoms with Crippen molar-refractivity contribution in [2.24, 2.45) is 5.92 Å². The first-order valence-electron chi connectivity index (χ1n) is 9.13. The number of carbonyl (C=O) groups is 3. The Bertz CT molecular complexity index is 1110. The number of alkyl halides is 3. The van der Waals surface area contributed by atoms with Gasteiger partial charge in [0.1, 0.15) is 15.8 Å². The van der Waals surface area contributed by atoms with Crippen molar-refractivity contribution in [2.75, 3.05) is 16.0 Å². The molecule has 170 valence electrons. The van der Waals surface area contributed by atoms with Gasteiger partial charge in [-0.05, 0) is 43.7 Å². The summed E-state index contributed by atoms with van der Waals surface area (Å²) in [6, 6.07) is 6.03. The molecule has 6 nitrogen and oxygen atoms in total. The average Bonchev–Trinajstić information content (AvgIpc) is 3.36. The van der Waals surface area contributed by atoms with E-state index in [1.165, 1.54) is 25.1 Å². The van der Waals surface area contributed by atoms with Crippen LogP contribution in [0.25, 0.3) is 0 Å². The Labute approximate surface area is 205 Å². The Balaban J connectivity index is 1.80. The highest BCUT2D eigenvalue weighted by Gasteiger charge is 2.56. The fourth-order valence-electron chi connectivity index (χ4n) is 2.68. The lowest BCUT2D eigenvalue weighted by Gasteiger charge is -2.14. The van der Waals surface area contributed by atoms with Gasteiger partial charge in [0.25, 0.3) is 5.91 Å². The van der Waals surface area contributed by atoms with Crippen LogP contribution in [0.2, 0.25) is 5.02 Å². The molecule has 2 aromatic rings. The SMILES string of the molecule is CC(Br)C(=O)Nc1c(F)ccc(NC(=O)c2cc(NC(=O)C3CC3(Cl)Cl)ccc2Cl)c1F. The van der Waals surface area contributed by atoms with Gasteiger partial charge in [-0.15, -0.1) is 23.2 Å². The highest BCUT2D eigenvalue weighted by atomic mass is 79.9. The van der Waals surface area contributed by atoms with Gasteiger partial charge in [-0.25, -0.2) is 8.78 Å². The molecule has 0 aliphatic heterocycles. The second-order valence-electron chi connectivity index (χ2n) is 7.04. The molecule has 3 rings (SSSR count). The largest absolute Gasteiger partial charge is 0.326 e. The third kappa shape index (κ3) is 5.51.